The molecule has 4 heteroatoms. The molecule has 2 heterocycles. The topological polar surface area (TPSA) is 30.5 Å². The predicted molar refractivity (Wildman–Crippen MR) is 84.8 cm³/mol. The summed E-state index contributed by atoms with van der Waals surface area (Å²) in [6, 6.07) is 8.97. The third kappa shape index (κ3) is 3.78. The van der Waals surface area contributed by atoms with E-state index >= 15 is 0 Å². The van der Waals surface area contributed by atoms with E-state index < -0.39 is 0 Å². The first-order valence-electron chi connectivity index (χ1n) is 7.90. The molecule has 2 atom stereocenters. The van der Waals surface area contributed by atoms with Gasteiger partial charge in [0.15, 0.2) is 0 Å². The van der Waals surface area contributed by atoms with E-state index in [2.05, 4.69) is 24.4 Å². The van der Waals surface area contributed by atoms with E-state index in [9.17, 15) is 0 Å². The van der Waals surface area contributed by atoms with E-state index in [-0.39, 0.29) is 5.60 Å². The molecule has 0 bridgehead atoms. The van der Waals surface area contributed by atoms with E-state index in [1.165, 1.54) is 5.56 Å². The van der Waals surface area contributed by atoms with Crippen LogP contribution in [0, 0.1) is 0 Å². The lowest BCUT2D eigenvalue weighted by Crippen LogP contribution is -2.50. The second kappa shape index (κ2) is 6.66. The Balaban J connectivity index is 1.60. The van der Waals surface area contributed by atoms with Crippen LogP contribution in [0.2, 0.25) is 5.02 Å². The van der Waals surface area contributed by atoms with E-state index in [4.69, 9.17) is 21.1 Å². The smallest absolute Gasteiger partial charge is 0.0741 e. The molecule has 21 heavy (non-hydrogen) atoms. The lowest BCUT2D eigenvalue weighted by molar-refractivity contribution is -0.140. The summed E-state index contributed by atoms with van der Waals surface area (Å²) < 4.78 is 11.6. The summed E-state index contributed by atoms with van der Waals surface area (Å²) in [4.78, 5) is 0. The number of halogens is 1. The average Bonchev–Trinajstić information content (AvgIpc) is 2.49. The minimum atomic E-state index is 0.0495. The maximum atomic E-state index is 6.10. The van der Waals surface area contributed by atoms with Gasteiger partial charge in [-0.1, -0.05) is 23.7 Å². The Morgan fingerprint density at radius 2 is 1.90 bits per heavy atom. The average molecular weight is 310 g/mol. The number of rotatable bonds is 3. The maximum Gasteiger partial charge on any atom is 0.0741 e. The van der Waals surface area contributed by atoms with Crippen molar-refractivity contribution in [1.82, 2.24) is 5.32 Å². The third-order valence-electron chi connectivity index (χ3n) is 4.75. The minimum Gasteiger partial charge on any atom is -0.381 e. The summed E-state index contributed by atoms with van der Waals surface area (Å²) in [5, 5.41) is 4.55. The van der Waals surface area contributed by atoms with Crippen LogP contribution >= 0.6 is 11.6 Å². The van der Waals surface area contributed by atoms with Crippen molar-refractivity contribution in [3.8, 4) is 0 Å². The van der Waals surface area contributed by atoms with Gasteiger partial charge < -0.3 is 14.8 Å². The third-order valence-corrected chi connectivity index (χ3v) is 5.00. The Hall–Kier alpha value is -0.610. The van der Waals surface area contributed by atoms with Gasteiger partial charge in [0, 0.05) is 36.9 Å². The first-order chi connectivity index (χ1) is 10.2. The molecular weight excluding hydrogens is 286 g/mol. The summed E-state index contributed by atoms with van der Waals surface area (Å²) in [5.41, 5.74) is 1.33. The molecule has 1 spiro atoms. The molecule has 3 rings (SSSR count). The van der Waals surface area contributed by atoms with Crippen molar-refractivity contribution in [2.75, 3.05) is 19.8 Å². The van der Waals surface area contributed by atoms with Crippen molar-refractivity contribution < 1.29 is 9.47 Å². The number of ether oxygens (including phenoxy) is 2. The van der Waals surface area contributed by atoms with E-state index in [0.717, 1.165) is 50.5 Å². The molecule has 1 unspecified atom stereocenters. The Morgan fingerprint density at radius 1 is 1.19 bits per heavy atom. The van der Waals surface area contributed by atoms with Crippen LogP contribution in [0.25, 0.3) is 0 Å². The van der Waals surface area contributed by atoms with Crippen molar-refractivity contribution in [1.29, 1.82) is 0 Å². The fourth-order valence-electron chi connectivity index (χ4n) is 3.46. The fraction of sp³-hybridized carbons (Fsp3) is 0.647. The van der Waals surface area contributed by atoms with Gasteiger partial charge in [-0.2, -0.15) is 0 Å². The van der Waals surface area contributed by atoms with Crippen LogP contribution in [-0.2, 0) is 9.47 Å². The van der Waals surface area contributed by atoms with Gasteiger partial charge in [-0.3, -0.25) is 0 Å². The van der Waals surface area contributed by atoms with E-state index in [1.54, 1.807) is 0 Å². The number of hydrogen-bond acceptors (Lipinski definition) is 3. The highest BCUT2D eigenvalue weighted by Gasteiger charge is 2.39. The van der Waals surface area contributed by atoms with Gasteiger partial charge in [0.25, 0.3) is 0 Å². The van der Waals surface area contributed by atoms with Crippen LogP contribution in [0.1, 0.15) is 44.2 Å². The zero-order chi connectivity index (χ0) is 14.7. The second-order valence-electron chi connectivity index (χ2n) is 6.27. The van der Waals surface area contributed by atoms with Crippen LogP contribution in [0.15, 0.2) is 24.3 Å². The molecule has 2 aliphatic rings. The van der Waals surface area contributed by atoms with Crippen molar-refractivity contribution in [2.45, 2.75) is 50.3 Å². The van der Waals surface area contributed by atoms with Crippen LogP contribution < -0.4 is 5.32 Å². The van der Waals surface area contributed by atoms with Gasteiger partial charge in [-0.05, 0) is 50.3 Å². The largest absolute Gasteiger partial charge is 0.381 e. The normalized spacial score (nSPS) is 26.7. The zero-order valence-corrected chi connectivity index (χ0v) is 13.4. The van der Waals surface area contributed by atoms with Gasteiger partial charge >= 0.3 is 0 Å². The van der Waals surface area contributed by atoms with E-state index in [0.29, 0.717) is 12.1 Å². The second-order valence-corrected chi connectivity index (χ2v) is 6.71. The maximum absolute atomic E-state index is 6.10. The summed E-state index contributed by atoms with van der Waals surface area (Å²) in [6.45, 7) is 4.74. The predicted octanol–water partition coefficient (Wildman–Crippen LogP) is 3.72. The van der Waals surface area contributed by atoms with Gasteiger partial charge in [0.1, 0.15) is 0 Å². The van der Waals surface area contributed by atoms with Crippen molar-refractivity contribution in [2.24, 2.45) is 0 Å². The molecule has 3 nitrogen and oxygen atoms in total. The first kappa shape index (κ1) is 15.3. The lowest BCUT2D eigenvalue weighted by atomic mass is 9.83. The molecule has 0 aromatic heterocycles. The molecule has 116 valence electrons. The SMILES string of the molecule is C[C@@H](NC1CCOC2(CCOCC2)C1)c1ccc(Cl)cc1. The molecule has 0 saturated carbocycles. The lowest BCUT2D eigenvalue weighted by Gasteiger charge is -2.44. The van der Waals surface area contributed by atoms with Crippen LogP contribution in [0.5, 0.6) is 0 Å². The van der Waals surface area contributed by atoms with Crippen molar-refractivity contribution in [3.63, 3.8) is 0 Å². The molecular formula is C17H24ClNO2. The summed E-state index contributed by atoms with van der Waals surface area (Å²) in [6.07, 6.45) is 4.23. The Bertz CT molecular complexity index is 451. The summed E-state index contributed by atoms with van der Waals surface area (Å²) >= 11 is 5.96. The van der Waals surface area contributed by atoms with Gasteiger partial charge in [-0.15, -0.1) is 0 Å². The highest BCUT2D eigenvalue weighted by molar-refractivity contribution is 6.30. The first-order valence-corrected chi connectivity index (χ1v) is 8.28. The Kier molecular flexibility index (Phi) is 4.85. The zero-order valence-electron chi connectivity index (χ0n) is 12.6. The molecule has 2 aliphatic heterocycles. The van der Waals surface area contributed by atoms with Gasteiger partial charge in [-0.25, -0.2) is 0 Å². The van der Waals surface area contributed by atoms with Gasteiger partial charge in [0.2, 0.25) is 0 Å². The fourth-order valence-corrected chi connectivity index (χ4v) is 3.59. The molecule has 1 aromatic rings. The summed E-state index contributed by atoms with van der Waals surface area (Å²) in [7, 11) is 0. The van der Waals surface area contributed by atoms with Gasteiger partial charge in [0.05, 0.1) is 5.60 Å². The monoisotopic (exact) mass is 309 g/mol. The quantitative estimate of drug-likeness (QED) is 0.923. The molecule has 2 fully saturated rings. The van der Waals surface area contributed by atoms with Crippen LogP contribution in [0.3, 0.4) is 0 Å². The highest BCUT2D eigenvalue weighted by atomic mass is 35.5. The minimum absolute atomic E-state index is 0.0495. The number of benzene rings is 1. The van der Waals surface area contributed by atoms with E-state index in [1.807, 2.05) is 12.1 Å². The van der Waals surface area contributed by atoms with Crippen molar-refractivity contribution in [3.05, 3.63) is 34.9 Å². The standard InChI is InChI=1S/C17H24ClNO2/c1-13(14-2-4-15(18)5-3-14)19-16-6-9-21-17(12-16)7-10-20-11-8-17/h2-5,13,16,19H,6-12H2,1H3/t13-,16?/m1/s1. The molecule has 0 amide bonds. The Morgan fingerprint density at radius 3 is 2.62 bits per heavy atom. The molecule has 1 aromatic carbocycles. The number of nitrogens with one attached hydrogen (secondary N) is 1. The summed E-state index contributed by atoms with van der Waals surface area (Å²) in [5.74, 6) is 0. The molecule has 0 aliphatic carbocycles. The van der Waals surface area contributed by atoms with Crippen LogP contribution in [-0.4, -0.2) is 31.5 Å². The van der Waals surface area contributed by atoms with Crippen molar-refractivity contribution >= 4 is 11.6 Å². The molecule has 0 radical (unpaired) electrons. The number of hydrogen-bond donors (Lipinski definition) is 1. The molecule has 2 saturated heterocycles. The highest BCUT2D eigenvalue weighted by Crippen LogP contribution is 2.35. The molecule has 1 N–H and O–H groups in total. The van der Waals surface area contributed by atoms with Crippen LogP contribution in [0.4, 0.5) is 0 Å². The Labute approximate surface area is 132 Å².